The van der Waals surface area contributed by atoms with E-state index in [1.54, 1.807) is 7.11 Å². The number of fused-ring (bicyclic) bond motifs is 2. The number of anilines is 1. The third kappa shape index (κ3) is 1.92. The maximum Gasteiger partial charge on any atom is 0.142 e. The third-order valence-corrected chi connectivity index (χ3v) is 5.31. The van der Waals surface area contributed by atoms with Gasteiger partial charge in [-0.2, -0.15) is 0 Å². The van der Waals surface area contributed by atoms with Gasteiger partial charge in [0.2, 0.25) is 0 Å². The van der Waals surface area contributed by atoms with Crippen LogP contribution in [0.5, 0.6) is 5.75 Å². The van der Waals surface area contributed by atoms with Gasteiger partial charge < -0.3 is 10.1 Å². The Bertz CT molecular complexity index is 480. The lowest BCUT2D eigenvalue weighted by Gasteiger charge is -2.50. The minimum absolute atomic E-state index is 0.236. The smallest absolute Gasteiger partial charge is 0.142 e. The molecule has 0 radical (unpaired) electrons. The fourth-order valence-electron chi connectivity index (χ4n) is 4.18. The van der Waals surface area contributed by atoms with Gasteiger partial charge >= 0.3 is 0 Å². The molecule has 2 nitrogen and oxygen atoms in total. The molecule has 0 spiro atoms. The van der Waals surface area contributed by atoms with Gasteiger partial charge in [0.25, 0.3) is 0 Å². The van der Waals surface area contributed by atoms with E-state index in [2.05, 4.69) is 44.3 Å². The number of para-hydroxylation sites is 1. The second kappa shape index (κ2) is 4.43. The van der Waals surface area contributed by atoms with Crippen molar-refractivity contribution in [1.29, 1.82) is 0 Å². The lowest BCUT2D eigenvalue weighted by atomic mass is 9.61. The molecular weight excluding hydrogens is 234 g/mol. The van der Waals surface area contributed by atoms with Gasteiger partial charge in [-0.3, -0.25) is 0 Å². The van der Waals surface area contributed by atoms with Gasteiger partial charge in [0, 0.05) is 6.04 Å². The minimum Gasteiger partial charge on any atom is -0.495 e. The number of benzene rings is 1. The topological polar surface area (TPSA) is 21.3 Å². The molecule has 3 rings (SSSR count). The van der Waals surface area contributed by atoms with Crippen LogP contribution in [0.25, 0.3) is 0 Å². The van der Waals surface area contributed by atoms with Crippen molar-refractivity contribution in [3.63, 3.8) is 0 Å². The summed E-state index contributed by atoms with van der Waals surface area (Å²) in [6.07, 6.45) is 3.99. The van der Waals surface area contributed by atoms with E-state index < -0.39 is 0 Å². The fraction of sp³-hybridized carbons (Fsp3) is 0.647. The van der Waals surface area contributed by atoms with Gasteiger partial charge in [-0.25, -0.2) is 0 Å². The summed E-state index contributed by atoms with van der Waals surface area (Å²) in [5.74, 6) is 2.56. The highest BCUT2D eigenvalue weighted by Crippen LogP contribution is 2.51. The molecule has 1 aromatic rings. The zero-order chi connectivity index (χ0) is 13.6. The van der Waals surface area contributed by atoms with Gasteiger partial charge in [0.05, 0.1) is 12.8 Å². The van der Waals surface area contributed by atoms with Crippen molar-refractivity contribution in [3.8, 4) is 5.75 Å². The van der Waals surface area contributed by atoms with Crippen molar-refractivity contribution in [2.75, 3.05) is 12.4 Å². The lowest BCUT2D eigenvalue weighted by molar-refractivity contribution is 0.173. The average molecular weight is 259 g/mol. The first kappa shape index (κ1) is 12.8. The summed E-state index contributed by atoms with van der Waals surface area (Å²) in [5.41, 5.74) is 2.88. The molecule has 2 heteroatoms. The van der Waals surface area contributed by atoms with E-state index in [0.29, 0.717) is 6.04 Å². The van der Waals surface area contributed by atoms with E-state index in [-0.39, 0.29) is 5.41 Å². The summed E-state index contributed by atoms with van der Waals surface area (Å²) in [5, 5.41) is 3.78. The van der Waals surface area contributed by atoms with Gasteiger partial charge in [0.15, 0.2) is 0 Å². The molecule has 0 bridgehead atoms. The van der Waals surface area contributed by atoms with E-state index in [9.17, 15) is 0 Å². The number of rotatable bonds is 1. The Labute approximate surface area is 116 Å². The normalized spacial score (nSPS) is 31.9. The predicted molar refractivity (Wildman–Crippen MR) is 79.9 cm³/mol. The molecule has 1 aliphatic heterocycles. The van der Waals surface area contributed by atoms with Crippen LogP contribution in [0.2, 0.25) is 0 Å². The molecule has 0 aromatic heterocycles. The largest absolute Gasteiger partial charge is 0.495 e. The van der Waals surface area contributed by atoms with Gasteiger partial charge in [-0.05, 0) is 41.7 Å². The number of ether oxygens (including phenoxy) is 1. The summed E-state index contributed by atoms with van der Waals surface area (Å²) < 4.78 is 5.55. The van der Waals surface area contributed by atoms with Crippen LogP contribution in [-0.4, -0.2) is 13.2 Å². The fourth-order valence-corrected chi connectivity index (χ4v) is 4.18. The molecule has 104 valence electrons. The molecule has 1 fully saturated rings. The average Bonchev–Trinajstić information content (AvgIpc) is 2.37. The van der Waals surface area contributed by atoms with Crippen molar-refractivity contribution in [1.82, 2.24) is 0 Å². The molecule has 1 N–H and O–H groups in total. The maximum atomic E-state index is 5.55. The Morgan fingerprint density at radius 1 is 1.26 bits per heavy atom. The lowest BCUT2D eigenvalue weighted by Crippen LogP contribution is -2.49. The molecule has 1 aromatic carbocycles. The van der Waals surface area contributed by atoms with Crippen LogP contribution in [0.4, 0.5) is 5.69 Å². The van der Waals surface area contributed by atoms with Crippen molar-refractivity contribution in [3.05, 3.63) is 23.8 Å². The molecule has 2 aliphatic rings. The SMILES string of the molecule is COc1cccc2c1N[C@@H]1C[C@@H](C)CC[C@@H]1C2(C)C. The molecular formula is C17H25NO. The first-order valence-corrected chi connectivity index (χ1v) is 7.48. The first-order chi connectivity index (χ1) is 9.04. The van der Waals surface area contributed by atoms with Crippen molar-refractivity contribution in [2.24, 2.45) is 11.8 Å². The number of methoxy groups -OCH3 is 1. The summed E-state index contributed by atoms with van der Waals surface area (Å²) in [6, 6.07) is 7.04. The molecule has 0 unspecified atom stereocenters. The molecule has 0 amide bonds. The summed E-state index contributed by atoms with van der Waals surface area (Å²) in [7, 11) is 1.76. The predicted octanol–water partition coefficient (Wildman–Crippen LogP) is 4.20. The molecule has 3 atom stereocenters. The van der Waals surface area contributed by atoms with Crippen LogP contribution in [-0.2, 0) is 5.41 Å². The standard InChI is InChI=1S/C17H25NO/c1-11-8-9-12-14(10-11)18-16-13(17(12,2)3)6-5-7-15(16)19-4/h5-7,11-12,14,18H,8-10H2,1-4H3/t11-,12-,14+/m0/s1. The Balaban J connectivity index is 2.07. The Hall–Kier alpha value is -1.18. The van der Waals surface area contributed by atoms with Crippen molar-refractivity contribution < 1.29 is 4.74 Å². The van der Waals surface area contributed by atoms with Crippen LogP contribution >= 0.6 is 0 Å². The van der Waals surface area contributed by atoms with Gasteiger partial charge in [-0.15, -0.1) is 0 Å². The van der Waals surface area contributed by atoms with E-state index in [1.165, 1.54) is 30.5 Å². The number of hydrogen-bond donors (Lipinski definition) is 1. The zero-order valence-corrected chi connectivity index (χ0v) is 12.5. The Morgan fingerprint density at radius 2 is 2.05 bits per heavy atom. The summed E-state index contributed by atoms with van der Waals surface area (Å²) in [6.45, 7) is 7.18. The van der Waals surface area contributed by atoms with Crippen LogP contribution in [0.1, 0.15) is 45.6 Å². The van der Waals surface area contributed by atoms with E-state index >= 15 is 0 Å². The van der Waals surface area contributed by atoms with Gasteiger partial charge in [0.1, 0.15) is 5.75 Å². The minimum atomic E-state index is 0.236. The zero-order valence-electron chi connectivity index (χ0n) is 12.5. The van der Waals surface area contributed by atoms with Crippen LogP contribution in [0.3, 0.4) is 0 Å². The quantitative estimate of drug-likeness (QED) is 0.816. The second-order valence-electron chi connectivity index (χ2n) is 6.88. The second-order valence-corrected chi connectivity index (χ2v) is 6.88. The van der Waals surface area contributed by atoms with Crippen molar-refractivity contribution >= 4 is 5.69 Å². The van der Waals surface area contributed by atoms with E-state index in [1.807, 2.05) is 0 Å². The van der Waals surface area contributed by atoms with E-state index in [4.69, 9.17) is 4.74 Å². The molecule has 1 saturated carbocycles. The van der Waals surface area contributed by atoms with Gasteiger partial charge in [-0.1, -0.05) is 39.3 Å². The highest BCUT2D eigenvalue weighted by atomic mass is 16.5. The monoisotopic (exact) mass is 259 g/mol. The number of hydrogen-bond acceptors (Lipinski definition) is 2. The molecule has 1 heterocycles. The first-order valence-electron chi connectivity index (χ1n) is 7.48. The van der Waals surface area contributed by atoms with E-state index in [0.717, 1.165) is 17.6 Å². The van der Waals surface area contributed by atoms with Crippen molar-refractivity contribution in [2.45, 2.75) is 51.5 Å². The van der Waals surface area contributed by atoms with Crippen LogP contribution in [0.15, 0.2) is 18.2 Å². The highest BCUT2D eigenvalue weighted by Gasteiger charge is 2.45. The highest BCUT2D eigenvalue weighted by molar-refractivity contribution is 5.67. The molecule has 0 saturated heterocycles. The summed E-state index contributed by atoms with van der Waals surface area (Å²) >= 11 is 0. The molecule has 1 aliphatic carbocycles. The summed E-state index contributed by atoms with van der Waals surface area (Å²) in [4.78, 5) is 0. The molecule has 19 heavy (non-hydrogen) atoms. The maximum absolute atomic E-state index is 5.55. The van der Waals surface area contributed by atoms with Crippen LogP contribution < -0.4 is 10.1 Å². The third-order valence-electron chi connectivity index (χ3n) is 5.31. The Morgan fingerprint density at radius 3 is 2.79 bits per heavy atom. The Kier molecular flexibility index (Phi) is 2.99. The van der Waals surface area contributed by atoms with Crippen LogP contribution in [0, 0.1) is 11.8 Å². The number of nitrogens with one attached hydrogen (secondary N) is 1.